The molecule has 0 atom stereocenters. The number of benzene rings is 1. The van der Waals surface area contributed by atoms with Crippen LogP contribution in [0.1, 0.15) is 0 Å². The Hall–Kier alpha value is -1.22. The average Bonchev–Trinajstić information content (AvgIpc) is 2.45. The maximum Gasteiger partial charge on any atom is 0.189 e. The highest BCUT2D eigenvalue weighted by Gasteiger charge is 2.06. The lowest BCUT2D eigenvalue weighted by Crippen LogP contribution is -1.67. The molecule has 0 bridgehead atoms. The van der Waals surface area contributed by atoms with E-state index >= 15 is 0 Å². The quantitative estimate of drug-likeness (QED) is 0.658. The van der Waals surface area contributed by atoms with Crippen LogP contribution in [0.5, 0.6) is 5.75 Å². The maximum atomic E-state index is 9.23. The Morgan fingerprint density at radius 2 is 2.27 bits per heavy atom. The van der Waals surface area contributed by atoms with Gasteiger partial charge in [-0.25, -0.2) is 0 Å². The van der Waals surface area contributed by atoms with Crippen molar-refractivity contribution in [3.8, 4) is 5.75 Å². The molecule has 2 aromatic rings. The number of nitrogens with zero attached hydrogens (tertiary/aromatic N) is 1. The van der Waals surface area contributed by atoms with Crippen molar-refractivity contribution in [1.29, 1.82) is 0 Å². The third-order valence-corrected chi connectivity index (χ3v) is 1.75. The fourth-order valence-electron chi connectivity index (χ4n) is 0.912. The first-order valence-corrected chi connectivity index (χ1v) is 3.38. The summed E-state index contributed by atoms with van der Waals surface area (Å²) < 4.78 is 4.79. The summed E-state index contributed by atoms with van der Waals surface area (Å²) in [5.41, 5.74) is 0.423. The summed E-state index contributed by atoms with van der Waals surface area (Å²) in [4.78, 5) is 0. The Morgan fingerprint density at radius 1 is 1.45 bits per heavy atom. The lowest BCUT2D eigenvalue weighted by molar-refractivity contribution is 0.455. The average molecular weight is 170 g/mol. The molecule has 0 unspecified atom stereocenters. The molecule has 0 amide bonds. The van der Waals surface area contributed by atoms with E-state index in [0.717, 1.165) is 0 Å². The Balaban J connectivity index is 2.96. The van der Waals surface area contributed by atoms with Crippen molar-refractivity contribution in [2.75, 3.05) is 0 Å². The molecule has 1 heterocycles. The number of aromatic nitrogens is 1. The number of aromatic hydroxyl groups is 1. The SMILES string of the molecule is Oc1ccc(Cl)c2oncc12. The van der Waals surface area contributed by atoms with E-state index in [1.165, 1.54) is 12.3 Å². The standard InChI is InChI=1S/C7H4ClNO2/c8-5-1-2-6(10)4-3-9-11-7(4)5/h1-3,10H. The number of rotatable bonds is 0. The summed E-state index contributed by atoms with van der Waals surface area (Å²) in [7, 11) is 0. The minimum absolute atomic E-state index is 0.130. The molecule has 56 valence electrons. The second-order valence-electron chi connectivity index (χ2n) is 2.14. The monoisotopic (exact) mass is 169 g/mol. The smallest absolute Gasteiger partial charge is 0.189 e. The van der Waals surface area contributed by atoms with E-state index in [1.807, 2.05) is 0 Å². The van der Waals surface area contributed by atoms with Crippen LogP contribution in [0.4, 0.5) is 0 Å². The van der Waals surface area contributed by atoms with Crippen molar-refractivity contribution < 1.29 is 9.63 Å². The van der Waals surface area contributed by atoms with Crippen LogP contribution in [0.3, 0.4) is 0 Å². The van der Waals surface area contributed by atoms with Gasteiger partial charge in [-0.2, -0.15) is 0 Å². The zero-order valence-electron chi connectivity index (χ0n) is 5.41. The zero-order valence-corrected chi connectivity index (χ0v) is 6.17. The maximum absolute atomic E-state index is 9.23. The predicted octanol–water partition coefficient (Wildman–Crippen LogP) is 2.19. The Bertz CT molecular complexity index is 360. The van der Waals surface area contributed by atoms with Crippen molar-refractivity contribution >= 4 is 22.6 Å². The number of fused-ring (bicyclic) bond motifs is 1. The highest BCUT2D eigenvalue weighted by Crippen LogP contribution is 2.29. The summed E-state index contributed by atoms with van der Waals surface area (Å²) in [5, 5.41) is 13.7. The molecule has 0 aliphatic heterocycles. The fraction of sp³-hybridized carbons (Fsp3) is 0. The molecular formula is C7H4ClNO2. The molecule has 0 radical (unpaired) electrons. The lowest BCUT2D eigenvalue weighted by Gasteiger charge is -1.92. The molecule has 11 heavy (non-hydrogen) atoms. The summed E-state index contributed by atoms with van der Waals surface area (Å²) in [6.07, 6.45) is 1.43. The summed E-state index contributed by atoms with van der Waals surface area (Å²) in [5.74, 6) is 0.130. The third kappa shape index (κ3) is 0.851. The van der Waals surface area contributed by atoms with Crippen molar-refractivity contribution in [3.63, 3.8) is 0 Å². The first kappa shape index (κ1) is 6.49. The second-order valence-corrected chi connectivity index (χ2v) is 2.54. The van der Waals surface area contributed by atoms with E-state index in [4.69, 9.17) is 16.1 Å². The molecule has 1 aromatic carbocycles. The van der Waals surface area contributed by atoms with Crippen LogP contribution in [0.15, 0.2) is 22.9 Å². The number of phenols is 1. The summed E-state index contributed by atoms with van der Waals surface area (Å²) >= 11 is 5.73. The van der Waals surface area contributed by atoms with Gasteiger partial charge in [0.2, 0.25) is 0 Å². The molecular weight excluding hydrogens is 166 g/mol. The Kier molecular flexibility index (Phi) is 1.26. The third-order valence-electron chi connectivity index (χ3n) is 1.45. The molecule has 0 aliphatic carbocycles. The van der Waals surface area contributed by atoms with Gasteiger partial charge in [-0.05, 0) is 12.1 Å². The van der Waals surface area contributed by atoms with Crippen molar-refractivity contribution in [2.45, 2.75) is 0 Å². The van der Waals surface area contributed by atoms with Crippen molar-refractivity contribution in [3.05, 3.63) is 23.4 Å². The van der Waals surface area contributed by atoms with E-state index in [2.05, 4.69) is 5.16 Å². The topological polar surface area (TPSA) is 46.3 Å². The van der Waals surface area contributed by atoms with E-state index in [0.29, 0.717) is 16.0 Å². The van der Waals surface area contributed by atoms with Gasteiger partial charge in [0.05, 0.1) is 16.6 Å². The van der Waals surface area contributed by atoms with Crippen LogP contribution in [0.25, 0.3) is 11.0 Å². The van der Waals surface area contributed by atoms with Gasteiger partial charge in [0.1, 0.15) is 5.75 Å². The van der Waals surface area contributed by atoms with Crippen LogP contribution in [-0.2, 0) is 0 Å². The molecule has 0 aliphatic rings. The minimum Gasteiger partial charge on any atom is -0.507 e. The minimum atomic E-state index is 0.130. The molecule has 1 N–H and O–H groups in total. The predicted molar refractivity (Wildman–Crippen MR) is 40.7 cm³/mol. The van der Waals surface area contributed by atoms with Gasteiger partial charge in [0, 0.05) is 0 Å². The van der Waals surface area contributed by atoms with Gasteiger partial charge in [-0.3, -0.25) is 0 Å². The number of halogens is 1. The van der Waals surface area contributed by atoms with Crippen LogP contribution < -0.4 is 0 Å². The second kappa shape index (κ2) is 2.13. The van der Waals surface area contributed by atoms with Crippen molar-refractivity contribution in [2.24, 2.45) is 0 Å². The van der Waals surface area contributed by atoms with E-state index in [-0.39, 0.29) is 5.75 Å². The van der Waals surface area contributed by atoms with Gasteiger partial charge >= 0.3 is 0 Å². The van der Waals surface area contributed by atoms with E-state index < -0.39 is 0 Å². The highest BCUT2D eigenvalue weighted by atomic mass is 35.5. The summed E-state index contributed by atoms with van der Waals surface area (Å²) in [6, 6.07) is 3.06. The molecule has 0 saturated carbocycles. The van der Waals surface area contributed by atoms with Gasteiger partial charge in [-0.15, -0.1) is 0 Å². The van der Waals surface area contributed by atoms with Gasteiger partial charge in [0.25, 0.3) is 0 Å². The molecule has 2 rings (SSSR count). The molecule has 0 saturated heterocycles. The zero-order chi connectivity index (χ0) is 7.84. The number of hydrogen-bond donors (Lipinski definition) is 1. The van der Waals surface area contributed by atoms with E-state index in [1.54, 1.807) is 6.07 Å². The first-order valence-electron chi connectivity index (χ1n) is 3.01. The largest absolute Gasteiger partial charge is 0.507 e. The Labute approximate surface area is 67.2 Å². The first-order chi connectivity index (χ1) is 5.29. The lowest BCUT2D eigenvalue weighted by atomic mass is 10.2. The number of hydrogen-bond acceptors (Lipinski definition) is 3. The fourth-order valence-corrected chi connectivity index (χ4v) is 1.11. The molecule has 1 aromatic heterocycles. The normalized spacial score (nSPS) is 10.6. The van der Waals surface area contributed by atoms with Crippen LogP contribution in [-0.4, -0.2) is 10.3 Å². The van der Waals surface area contributed by atoms with Crippen LogP contribution >= 0.6 is 11.6 Å². The van der Waals surface area contributed by atoms with Crippen LogP contribution in [0, 0.1) is 0 Å². The van der Waals surface area contributed by atoms with Gasteiger partial charge in [-0.1, -0.05) is 16.8 Å². The Morgan fingerprint density at radius 3 is 3.00 bits per heavy atom. The highest BCUT2D eigenvalue weighted by molar-refractivity contribution is 6.35. The van der Waals surface area contributed by atoms with E-state index in [9.17, 15) is 5.11 Å². The number of phenolic OH excluding ortho intramolecular Hbond substituents is 1. The van der Waals surface area contributed by atoms with Crippen LogP contribution in [0.2, 0.25) is 5.02 Å². The molecule has 0 fully saturated rings. The summed E-state index contributed by atoms with van der Waals surface area (Å²) in [6.45, 7) is 0. The molecule has 0 spiro atoms. The molecule has 3 nitrogen and oxygen atoms in total. The molecule has 4 heteroatoms. The van der Waals surface area contributed by atoms with Crippen molar-refractivity contribution in [1.82, 2.24) is 5.16 Å². The van der Waals surface area contributed by atoms with Gasteiger partial charge in [0.15, 0.2) is 5.58 Å². The van der Waals surface area contributed by atoms with Gasteiger partial charge < -0.3 is 9.63 Å².